The summed E-state index contributed by atoms with van der Waals surface area (Å²) < 4.78 is 55.6. The quantitative estimate of drug-likeness (QED) is 0.0839. The summed E-state index contributed by atoms with van der Waals surface area (Å²) in [6, 6.07) is 0. The second kappa shape index (κ2) is 21.1. The Hall–Kier alpha value is -0.250. The highest BCUT2D eigenvalue weighted by atomic mass is 32.2. The highest BCUT2D eigenvalue weighted by Gasteiger charge is 2.41. The Morgan fingerprint density at radius 1 is 0.636 bits per heavy atom. The van der Waals surface area contributed by atoms with Crippen molar-refractivity contribution < 1.29 is 31.9 Å². The second-order valence-corrected chi connectivity index (χ2v) is 10.2. The van der Waals surface area contributed by atoms with E-state index in [0.717, 1.165) is 19.3 Å². The minimum Gasteiger partial charge on any atom is -0.359 e. The van der Waals surface area contributed by atoms with Gasteiger partial charge in [-0.05, 0) is 27.2 Å². The maximum absolute atomic E-state index is 11.9. The first-order chi connectivity index (χ1) is 15.8. The van der Waals surface area contributed by atoms with E-state index in [4.69, 9.17) is 18.9 Å². The third kappa shape index (κ3) is 17.8. The third-order valence-corrected chi connectivity index (χ3v) is 6.61. The van der Waals surface area contributed by atoms with Crippen LogP contribution < -0.4 is 0 Å². The predicted octanol–water partition coefficient (Wildman–Crippen LogP) is 6.85. The fourth-order valence-electron chi connectivity index (χ4n) is 3.93. The van der Waals surface area contributed by atoms with Gasteiger partial charge in [-0.1, -0.05) is 90.4 Å². The minimum atomic E-state index is -4.43. The summed E-state index contributed by atoms with van der Waals surface area (Å²) in [5.74, 6) is -1.55. The summed E-state index contributed by atoms with van der Waals surface area (Å²) >= 11 is 0. The molecule has 0 aromatic carbocycles. The molecule has 0 spiro atoms. The van der Waals surface area contributed by atoms with E-state index in [1.807, 2.05) is 0 Å². The Kier molecular flexibility index (Phi) is 20.9. The number of hydrogen-bond donors (Lipinski definition) is 1. The standard InChI is InChI=1S/C25H52O7S/c1-5-9-10-11-12-13-14-15-16-17-18-19-20-21-22-29-24(33(26,27)28)23-25(30-6-2,31-7-3)32-8-4/h24H,5-23H2,1-4H3,(H,26,27,28). The van der Waals surface area contributed by atoms with Gasteiger partial charge in [0, 0.05) is 26.4 Å². The van der Waals surface area contributed by atoms with Crippen molar-refractivity contribution in [2.45, 2.75) is 135 Å². The van der Waals surface area contributed by atoms with Gasteiger partial charge in [0.15, 0.2) is 5.44 Å². The molecule has 0 heterocycles. The molecular weight excluding hydrogens is 444 g/mol. The largest absolute Gasteiger partial charge is 0.359 e. The van der Waals surface area contributed by atoms with Gasteiger partial charge in [0.2, 0.25) is 0 Å². The molecule has 0 saturated carbocycles. The molecule has 1 unspecified atom stereocenters. The van der Waals surface area contributed by atoms with Crippen LogP contribution in [-0.2, 0) is 29.1 Å². The fraction of sp³-hybridized carbons (Fsp3) is 1.00. The summed E-state index contributed by atoms with van der Waals surface area (Å²) in [5.41, 5.74) is -1.45. The maximum atomic E-state index is 11.9. The highest BCUT2D eigenvalue weighted by Crippen LogP contribution is 2.26. The van der Waals surface area contributed by atoms with Crippen LogP contribution in [0.3, 0.4) is 0 Å². The van der Waals surface area contributed by atoms with Crippen molar-refractivity contribution in [3.63, 3.8) is 0 Å². The Labute approximate surface area is 204 Å². The first kappa shape index (κ1) is 32.8. The summed E-state index contributed by atoms with van der Waals surface area (Å²) in [6.45, 7) is 8.64. The topological polar surface area (TPSA) is 91.3 Å². The van der Waals surface area contributed by atoms with E-state index in [2.05, 4.69) is 6.92 Å². The van der Waals surface area contributed by atoms with Crippen LogP contribution in [0.1, 0.15) is 124 Å². The SMILES string of the molecule is CCCCCCCCCCCCCCCCOC(CC(OCC)(OCC)OCC)S(=O)(=O)O. The Bertz CT molecular complexity index is 508. The summed E-state index contributed by atoms with van der Waals surface area (Å²) in [7, 11) is -4.43. The lowest BCUT2D eigenvalue weighted by Crippen LogP contribution is -2.45. The van der Waals surface area contributed by atoms with Crippen molar-refractivity contribution in [3.8, 4) is 0 Å². The molecule has 7 nitrogen and oxygen atoms in total. The molecule has 0 saturated heterocycles. The van der Waals surface area contributed by atoms with Crippen molar-refractivity contribution in [1.29, 1.82) is 0 Å². The van der Waals surface area contributed by atoms with Gasteiger partial charge in [-0.3, -0.25) is 4.55 Å². The summed E-state index contributed by atoms with van der Waals surface area (Å²) in [5, 5.41) is 0. The van der Waals surface area contributed by atoms with Gasteiger partial charge in [0.25, 0.3) is 16.1 Å². The lowest BCUT2D eigenvalue weighted by atomic mass is 10.0. The molecule has 8 heteroatoms. The van der Waals surface area contributed by atoms with Crippen LogP contribution in [0.25, 0.3) is 0 Å². The predicted molar refractivity (Wildman–Crippen MR) is 134 cm³/mol. The van der Waals surface area contributed by atoms with E-state index in [1.165, 1.54) is 70.6 Å². The number of rotatable bonds is 25. The molecule has 0 aliphatic rings. The molecule has 0 aliphatic carbocycles. The normalized spacial score (nSPS) is 13.5. The fourth-order valence-corrected chi connectivity index (χ4v) is 4.61. The molecule has 0 aromatic rings. The van der Waals surface area contributed by atoms with Crippen molar-refractivity contribution in [2.24, 2.45) is 0 Å². The number of ether oxygens (including phenoxy) is 4. The molecule has 0 fully saturated rings. The van der Waals surface area contributed by atoms with E-state index in [0.29, 0.717) is 0 Å². The molecule has 0 amide bonds. The van der Waals surface area contributed by atoms with Crippen LogP contribution in [0.15, 0.2) is 0 Å². The molecule has 1 N–H and O–H groups in total. The van der Waals surface area contributed by atoms with Crippen LogP contribution in [0.2, 0.25) is 0 Å². The zero-order valence-electron chi connectivity index (χ0n) is 21.8. The van der Waals surface area contributed by atoms with Crippen molar-refractivity contribution in [2.75, 3.05) is 26.4 Å². The van der Waals surface area contributed by atoms with Crippen LogP contribution >= 0.6 is 0 Å². The Morgan fingerprint density at radius 3 is 1.33 bits per heavy atom. The maximum Gasteiger partial charge on any atom is 0.292 e. The van der Waals surface area contributed by atoms with Crippen LogP contribution in [0.5, 0.6) is 0 Å². The van der Waals surface area contributed by atoms with Gasteiger partial charge in [0.05, 0.1) is 6.42 Å². The van der Waals surface area contributed by atoms with Gasteiger partial charge in [-0.15, -0.1) is 0 Å². The first-order valence-electron chi connectivity index (χ1n) is 13.3. The van der Waals surface area contributed by atoms with E-state index in [9.17, 15) is 13.0 Å². The summed E-state index contributed by atoms with van der Waals surface area (Å²) in [6.07, 6.45) is 17.2. The average molecular weight is 497 g/mol. The van der Waals surface area contributed by atoms with E-state index in [-0.39, 0.29) is 32.8 Å². The van der Waals surface area contributed by atoms with Crippen LogP contribution in [0.4, 0.5) is 0 Å². The minimum absolute atomic E-state index is 0.250. The second-order valence-electron chi connectivity index (χ2n) is 8.60. The van der Waals surface area contributed by atoms with E-state index in [1.54, 1.807) is 20.8 Å². The highest BCUT2D eigenvalue weighted by molar-refractivity contribution is 7.86. The Balaban J connectivity index is 4.07. The Morgan fingerprint density at radius 2 is 1.00 bits per heavy atom. The number of hydrogen-bond acceptors (Lipinski definition) is 6. The van der Waals surface area contributed by atoms with Gasteiger partial charge in [-0.2, -0.15) is 8.42 Å². The lowest BCUT2D eigenvalue weighted by molar-refractivity contribution is -0.383. The van der Waals surface area contributed by atoms with E-state index < -0.39 is 21.5 Å². The van der Waals surface area contributed by atoms with Crippen LogP contribution in [-0.4, -0.2) is 50.8 Å². The van der Waals surface area contributed by atoms with Gasteiger partial charge >= 0.3 is 0 Å². The van der Waals surface area contributed by atoms with Gasteiger partial charge in [0.1, 0.15) is 0 Å². The van der Waals surface area contributed by atoms with Gasteiger partial charge in [-0.25, -0.2) is 0 Å². The molecule has 1 atom stereocenters. The molecule has 0 rings (SSSR count). The molecule has 0 aliphatic heterocycles. The van der Waals surface area contributed by atoms with Crippen molar-refractivity contribution >= 4 is 10.1 Å². The molecular formula is C25H52O7S. The van der Waals surface area contributed by atoms with E-state index >= 15 is 0 Å². The smallest absolute Gasteiger partial charge is 0.292 e. The molecule has 0 radical (unpaired) electrons. The van der Waals surface area contributed by atoms with Crippen molar-refractivity contribution in [3.05, 3.63) is 0 Å². The number of unbranched alkanes of at least 4 members (excludes halogenated alkanes) is 13. The zero-order valence-corrected chi connectivity index (χ0v) is 22.6. The van der Waals surface area contributed by atoms with Crippen LogP contribution in [0, 0.1) is 0 Å². The third-order valence-electron chi connectivity index (χ3n) is 5.64. The molecule has 200 valence electrons. The first-order valence-corrected chi connectivity index (χ1v) is 14.8. The molecule has 33 heavy (non-hydrogen) atoms. The molecule has 0 bridgehead atoms. The lowest BCUT2D eigenvalue weighted by Gasteiger charge is -2.34. The summed E-state index contributed by atoms with van der Waals surface area (Å²) in [4.78, 5) is 0. The van der Waals surface area contributed by atoms with Gasteiger partial charge < -0.3 is 18.9 Å². The monoisotopic (exact) mass is 496 g/mol. The molecule has 0 aromatic heterocycles. The van der Waals surface area contributed by atoms with Crippen molar-refractivity contribution in [1.82, 2.24) is 0 Å². The zero-order chi connectivity index (χ0) is 24.8. The average Bonchev–Trinajstić information content (AvgIpc) is 2.75.